The standard InChI is InChI=1S/C21H18FN3O5/c22-16-7-6-13(10-19(16)25(28)29)23-20(26)11-30-21(27)12-5-8-18-15(9-12)14-3-1-2-4-17(14)24-18/h5-10,24H,1-4,11H2,(H,23,26). The summed E-state index contributed by atoms with van der Waals surface area (Å²) in [6.07, 6.45) is 4.20. The average molecular weight is 411 g/mol. The second kappa shape index (κ2) is 7.94. The van der Waals surface area contributed by atoms with E-state index in [9.17, 15) is 24.1 Å². The van der Waals surface area contributed by atoms with E-state index >= 15 is 0 Å². The minimum Gasteiger partial charge on any atom is -0.452 e. The topological polar surface area (TPSA) is 114 Å². The Kier molecular flexibility index (Phi) is 5.18. The van der Waals surface area contributed by atoms with Gasteiger partial charge in [0.2, 0.25) is 5.82 Å². The Labute approximate surface area is 170 Å². The van der Waals surface area contributed by atoms with Crippen LogP contribution >= 0.6 is 0 Å². The highest BCUT2D eigenvalue weighted by Crippen LogP contribution is 2.30. The Hall–Kier alpha value is -3.75. The lowest BCUT2D eigenvalue weighted by molar-refractivity contribution is -0.387. The number of H-pyrrole nitrogens is 1. The molecule has 0 aliphatic heterocycles. The monoisotopic (exact) mass is 411 g/mol. The van der Waals surface area contributed by atoms with Crippen molar-refractivity contribution in [2.45, 2.75) is 25.7 Å². The SMILES string of the molecule is O=C(COC(=O)c1ccc2[nH]c3c(c2c1)CCCC3)Nc1ccc(F)c([N+](=O)[O-])c1. The van der Waals surface area contributed by atoms with E-state index in [2.05, 4.69) is 10.3 Å². The van der Waals surface area contributed by atoms with Gasteiger partial charge in [-0.05, 0) is 61.6 Å². The van der Waals surface area contributed by atoms with Gasteiger partial charge in [0.1, 0.15) is 0 Å². The number of fused-ring (bicyclic) bond motifs is 3. The minimum atomic E-state index is -1.01. The second-order valence-electron chi connectivity index (χ2n) is 7.10. The maximum Gasteiger partial charge on any atom is 0.338 e. The molecule has 1 amide bonds. The van der Waals surface area contributed by atoms with Gasteiger partial charge in [-0.3, -0.25) is 14.9 Å². The third kappa shape index (κ3) is 3.86. The zero-order valence-corrected chi connectivity index (χ0v) is 15.9. The summed E-state index contributed by atoms with van der Waals surface area (Å²) < 4.78 is 18.4. The summed E-state index contributed by atoms with van der Waals surface area (Å²) in [6, 6.07) is 8.19. The molecule has 2 aromatic carbocycles. The van der Waals surface area contributed by atoms with Crippen molar-refractivity contribution < 1.29 is 23.6 Å². The van der Waals surface area contributed by atoms with Gasteiger partial charge >= 0.3 is 11.7 Å². The number of nitrogens with zero attached hydrogens (tertiary/aromatic N) is 1. The molecule has 1 heterocycles. The number of nitrogens with one attached hydrogen (secondary N) is 2. The van der Waals surface area contributed by atoms with Crippen LogP contribution in [-0.4, -0.2) is 28.4 Å². The number of nitro groups is 1. The van der Waals surface area contributed by atoms with Crippen LogP contribution in [0.2, 0.25) is 0 Å². The van der Waals surface area contributed by atoms with Crippen molar-refractivity contribution in [1.82, 2.24) is 4.98 Å². The predicted octanol–water partition coefficient (Wildman–Crippen LogP) is 3.89. The van der Waals surface area contributed by atoms with Crippen LogP contribution < -0.4 is 5.32 Å². The first-order valence-corrected chi connectivity index (χ1v) is 9.47. The van der Waals surface area contributed by atoms with E-state index in [1.165, 1.54) is 17.3 Å². The maximum absolute atomic E-state index is 13.4. The average Bonchev–Trinajstić information content (AvgIpc) is 3.11. The van der Waals surface area contributed by atoms with E-state index in [4.69, 9.17) is 4.74 Å². The van der Waals surface area contributed by atoms with Crippen LogP contribution in [0.3, 0.4) is 0 Å². The molecule has 8 nitrogen and oxygen atoms in total. The van der Waals surface area contributed by atoms with Crippen LogP contribution in [0.25, 0.3) is 10.9 Å². The Morgan fingerprint density at radius 3 is 2.77 bits per heavy atom. The third-order valence-electron chi connectivity index (χ3n) is 5.09. The van der Waals surface area contributed by atoms with Crippen molar-refractivity contribution in [3.05, 3.63) is 69.2 Å². The molecular formula is C21H18FN3O5. The van der Waals surface area contributed by atoms with Gasteiger partial charge in [-0.15, -0.1) is 0 Å². The number of hydrogen-bond acceptors (Lipinski definition) is 5. The minimum absolute atomic E-state index is 0.0320. The van der Waals surface area contributed by atoms with Crippen molar-refractivity contribution in [3.8, 4) is 0 Å². The predicted molar refractivity (Wildman–Crippen MR) is 107 cm³/mol. The van der Waals surface area contributed by atoms with E-state index in [0.29, 0.717) is 5.56 Å². The molecule has 0 saturated carbocycles. The molecule has 1 aliphatic carbocycles. The van der Waals surface area contributed by atoms with Crippen molar-refractivity contribution in [2.75, 3.05) is 11.9 Å². The molecule has 4 rings (SSSR count). The number of carbonyl (C=O) groups excluding carboxylic acids is 2. The number of nitro benzene ring substituents is 1. The summed E-state index contributed by atoms with van der Waals surface area (Å²) in [6.45, 7) is -0.576. The summed E-state index contributed by atoms with van der Waals surface area (Å²) in [5.41, 5.74) is 3.00. The second-order valence-corrected chi connectivity index (χ2v) is 7.10. The van der Waals surface area contributed by atoms with E-state index in [1.54, 1.807) is 12.1 Å². The molecule has 0 spiro atoms. The number of aromatic nitrogens is 1. The quantitative estimate of drug-likeness (QED) is 0.376. The van der Waals surface area contributed by atoms with Crippen molar-refractivity contribution in [3.63, 3.8) is 0 Å². The van der Waals surface area contributed by atoms with Crippen LogP contribution in [0.15, 0.2) is 36.4 Å². The molecule has 2 N–H and O–H groups in total. The van der Waals surface area contributed by atoms with Crippen molar-refractivity contribution >= 4 is 34.2 Å². The number of benzene rings is 2. The molecule has 30 heavy (non-hydrogen) atoms. The van der Waals surface area contributed by atoms with Crippen LogP contribution in [0, 0.1) is 15.9 Å². The van der Waals surface area contributed by atoms with Crippen LogP contribution in [0.4, 0.5) is 15.8 Å². The fraction of sp³-hybridized carbons (Fsp3) is 0.238. The van der Waals surface area contributed by atoms with Crippen molar-refractivity contribution in [2.24, 2.45) is 0 Å². The lowest BCUT2D eigenvalue weighted by Gasteiger charge is -2.10. The number of hydrogen-bond donors (Lipinski definition) is 2. The van der Waals surface area contributed by atoms with E-state index in [0.717, 1.165) is 48.7 Å². The molecule has 0 atom stereocenters. The molecule has 0 fully saturated rings. The molecule has 1 aromatic heterocycles. The summed E-state index contributed by atoms with van der Waals surface area (Å²) in [5, 5.41) is 14.1. The first-order valence-electron chi connectivity index (χ1n) is 9.47. The molecule has 1 aliphatic rings. The fourth-order valence-electron chi connectivity index (χ4n) is 3.67. The largest absolute Gasteiger partial charge is 0.452 e. The highest BCUT2D eigenvalue weighted by Gasteiger charge is 2.19. The smallest absolute Gasteiger partial charge is 0.338 e. The van der Waals surface area contributed by atoms with Crippen molar-refractivity contribution in [1.29, 1.82) is 0 Å². The van der Waals surface area contributed by atoms with Gasteiger partial charge in [0.15, 0.2) is 6.61 Å². The molecule has 0 bridgehead atoms. The summed E-state index contributed by atoms with van der Waals surface area (Å²) >= 11 is 0. The highest BCUT2D eigenvalue weighted by atomic mass is 19.1. The van der Waals surface area contributed by atoms with E-state index < -0.39 is 34.9 Å². The number of aryl methyl sites for hydroxylation is 2. The summed E-state index contributed by atoms with van der Waals surface area (Å²) in [5.74, 6) is -2.35. The van der Waals surface area contributed by atoms with Crippen LogP contribution in [-0.2, 0) is 22.4 Å². The van der Waals surface area contributed by atoms with Gasteiger partial charge in [-0.2, -0.15) is 4.39 Å². The number of carbonyl (C=O) groups is 2. The summed E-state index contributed by atoms with van der Waals surface area (Å²) in [4.78, 5) is 37.7. The molecule has 3 aromatic rings. The zero-order chi connectivity index (χ0) is 21.3. The number of anilines is 1. The first-order chi connectivity index (χ1) is 14.4. The first kappa shape index (κ1) is 19.6. The van der Waals surface area contributed by atoms with Gasteiger partial charge < -0.3 is 15.0 Å². The summed E-state index contributed by atoms with van der Waals surface area (Å²) in [7, 11) is 0. The van der Waals surface area contributed by atoms with Gasteiger partial charge in [0.25, 0.3) is 5.91 Å². The number of ether oxygens (including phenoxy) is 1. The normalized spacial score (nSPS) is 13.0. The molecule has 0 radical (unpaired) electrons. The number of amides is 1. The number of halogens is 1. The van der Waals surface area contributed by atoms with Crippen LogP contribution in [0.5, 0.6) is 0 Å². The van der Waals surface area contributed by atoms with Gasteiger partial charge in [0.05, 0.1) is 10.5 Å². The molecular weight excluding hydrogens is 393 g/mol. The lowest BCUT2D eigenvalue weighted by atomic mass is 9.95. The number of rotatable bonds is 5. The Balaban J connectivity index is 1.41. The van der Waals surface area contributed by atoms with Crippen LogP contribution in [0.1, 0.15) is 34.5 Å². The van der Waals surface area contributed by atoms with E-state index in [1.807, 2.05) is 6.07 Å². The molecule has 154 valence electrons. The Bertz CT molecular complexity index is 1170. The maximum atomic E-state index is 13.4. The molecule has 0 unspecified atom stereocenters. The fourth-order valence-corrected chi connectivity index (χ4v) is 3.67. The van der Waals surface area contributed by atoms with Gasteiger partial charge in [0, 0.05) is 28.4 Å². The van der Waals surface area contributed by atoms with E-state index in [-0.39, 0.29) is 5.69 Å². The van der Waals surface area contributed by atoms with Gasteiger partial charge in [-0.1, -0.05) is 0 Å². The number of esters is 1. The third-order valence-corrected chi connectivity index (χ3v) is 5.09. The number of aromatic amines is 1. The lowest BCUT2D eigenvalue weighted by Crippen LogP contribution is -2.21. The molecule has 0 saturated heterocycles. The van der Waals surface area contributed by atoms with Gasteiger partial charge in [-0.25, -0.2) is 4.79 Å². The zero-order valence-electron chi connectivity index (χ0n) is 15.9. The molecule has 9 heteroatoms. The highest BCUT2D eigenvalue weighted by molar-refractivity contribution is 5.98. The Morgan fingerprint density at radius 1 is 1.17 bits per heavy atom. The Morgan fingerprint density at radius 2 is 1.97 bits per heavy atom.